The molecule has 0 unspecified atom stereocenters. The van der Waals surface area contributed by atoms with Crippen molar-refractivity contribution in [2.24, 2.45) is 0 Å². The second-order valence-electron chi connectivity index (χ2n) is 3.76. The van der Waals surface area contributed by atoms with Gasteiger partial charge in [0.15, 0.2) is 0 Å². The van der Waals surface area contributed by atoms with E-state index in [1.165, 1.54) is 37.7 Å². The van der Waals surface area contributed by atoms with Crippen LogP contribution < -0.4 is 5.32 Å². The predicted octanol–water partition coefficient (Wildman–Crippen LogP) is 3.84. The van der Waals surface area contributed by atoms with Gasteiger partial charge < -0.3 is 5.32 Å². The van der Waals surface area contributed by atoms with Crippen LogP contribution in [0.5, 0.6) is 0 Å². The topological polar surface area (TPSA) is 12.0 Å². The lowest BCUT2D eigenvalue weighted by Crippen LogP contribution is -2.08. The summed E-state index contributed by atoms with van der Waals surface area (Å²) in [5.74, 6) is 0. The molecule has 1 rings (SSSR count). The van der Waals surface area contributed by atoms with Crippen molar-refractivity contribution in [2.45, 2.75) is 39.0 Å². The van der Waals surface area contributed by atoms with Gasteiger partial charge in [-0.05, 0) is 19.5 Å². The minimum atomic E-state index is 0.918. The Balaban J connectivity index is 0.000000322. The highest BCUT2D eigenvalue weighted by Gasteiger charge is 1.95. The van der Waals surface area contributed by atoms with Gasteiger partial charge in [0.1, 0.15) is 0 Å². The maximum absolute atomic E-state index is 3.59. The van der Waals surface area contributed by atoms with E-state index in [2.05, 4.69) is 18.0 Å². The van der Waals surface area contributed by atoms with Crippen LogP contribution in [0.15, 0.2) is 36.5 Å². The molecule has 0 heterocycles. The SMILES string of the molecule is C1CCCC1.C=C/C=C\C(=C/C)CNC. The monoisotopic (exact) mass is 207 g/mol. The molecule has 0 aromatic heterocycles. The largest absolute Gasteiger partial charge is 0.316 e. The summed E-state index contributed by atoms with van der Waals surface area (Å²) in [7, 11) is 1.94. The fourth-order valence-corrected chi connectivity index (χ4v) is 1.54. The summed E-state index contributed by atoms with van der Waals surface area (Å²) < 4.78 is 0. The molecule has 1 N–H and O–H groups in total. The summed E-state index contributed by atoms with van der Waals surface area (Å²) >= 11 is 0. The minimum absolute atomic E-state index is 0.918. The molecule has 0 bridgehead atoms. The number of allylic oxidation sites excluding steroid dienone is 3. The number of hydrogen-bond acceptors (Lipinski definition) is 1. The first-order valence-corrected chi connectivity index (χ1v) is 5.94. The van der Waals surface area contributed by atoms with Crippen LogP contribution in [0.4, 0.5) is 0 Å². The molecule has 1 aliphatic carbocycles. The summed E-state index contributed by atoms with van der Waals surface area (Å²) in [6.45, 7) is 6.54. The first-order chi connectivity index (χ1) is 7.35. The van der Waals surface area contributed by atoms with Gasteiger partial charge in [-0.2, -0.15) is 0 Å². The molecule has 1 heteroatoms. The van der Waals surface area contributed by atoms with E-state index in [9.17, 15) is 0 Å². The van der Waals surface area contributed by atoms with Crippen molar-refractivity contribution in [2.75, 3.05) is 13.6 Å². The molecule has 0 radical (unpaired) electrons. The van der Waals surface area contributed by atoms with Gasteiger partial charge in [0, 0.05) is 6.54 Å². The maximum atomic E-state index is 3.59. The third-order valence-corrected chi connectivity index (χ3v) is 2.45. The molecule has 1 saturated carbocycles. The van der Waals surface area contributed by atoms with Crippen molar-refractivity contribution in [3.05, 3.63) is 36.5 Å². The van der Waals surface area contributed by atoms with E-state index < -0.39 is 0 Å². The van der Waals surface area contributed by atoms with Gasteiger partial charge in [-0.15, -0.1) is 0 Å². The van der Waals surface area contributed by atoms with E-state index in [-0.39, 0.29) is 0 Å². The summed E-state index contributed by atoms with van der Waals surface area (Å²) in [5, 5.41) is 3.07. The molecule has 86 valence electrons. The molecule has 0 atom stereocenters. The van der Waals surface area contributed by atoms with Gasteiger partial charge >= 0.3 is 0 Å². The molecular formula is C14H25N. The Morgan fingerprint density at radius 3 is 2.07 bits per heavy atom. The van der Waals surface area contributed by atoms with Crippen molar-refractivity contribution in [3.8, 4) is 0 Å². The average molecular weight is 207 g/mol. The van der Waals surface area contributed by atoms with Gasteiger partial charge in [-0.3, -0.25) is 0 Å². The third kappa shape index (κ3) is 9.48. The first-order valence-electron chi connectivity index (χ1n) is 5.94. The van der Waals surface area contributed by atoms with Gasteiger partial charge in [0.25, 0.3) is 0 Å². The van der Waals surface area contributed by atoms with Crippen LogP contribution in [0.2, 0.25) is 0 Å². The van der Waals surface area contributed by atoms with Crippen molar-refractivity contribution < 1.29 is 0 Å². The summed E-state index contributed by atoms with van der Waals surface area (Å²) in [6, 6.07) is 0. The highest BCUT2D eigenvalue weighted by molar-refractivity contribution is 5.21. The lowest BCUT2D eigenvalue weighted by atomic mass is 10.2. The van der Waals surface area contributed by atoms with Gasteiger partial charge in [0.2, 0.25) is 0 Å². The van der Waals surface area contributed by atoms with Crippen molar-refractivity contribution in [1.29, 1.82) is 0 Å². The zero-order valence-corrected chi connectivity index (χ0v) is 10.3. The third-order valence-electron chi connectivity index (χ3n) is 2.45. The zero-order chi connectivity index (χ0) is 11.4. The van der Waals surface area contributed by atoms with Crippen LogP contribution in [-0.4, -0.2) is 13.6 Å². The van der Waals surface area contributed by atoms with E-state index in [1.807, 2.05) is 26.1 Å². The first kappa shape index (κ1) is 14.2. The summed E-state index contributed by atoms with van der Waals surface area (Å²) in [6.07, 6.45) is 15.3. The number of hydrogen-bond donors (Lipinski definition) is 1. The van der Waals surface area contributed by atoms with Crippen LogP contribution in [0.3, 0.4) is 0 Å². The van der Waals surface area contributed by atoms with Crippen LogP contribution in [0.25, 0.3) is 0 Å². The average Bonchev–Trinajstić information content (AvgIpc) is 2.82. The van der Waals surface area contributed by atoms with Crippen LogP contribution in [0, 0.1) is 0 Å². The number of likely N-dealkylation sites (N-methyl/N-ethyl adjacent to an activating group) is 1. The van der Waals surface area contributed by atoms with E-state index in [0.29, 0.717) is 0 Å². The molecule has 15 heavy (non-hydrogen) atoms. The van der Waals surface area contributed by atoms with E-state index in [1.54, 1.807) is 6.08 Å². The fraction of sp³-hybridized carbons (Fsp3) is 0.571. The molecule has 1 aliphatic rings. The Hall–Kier alpha value is -0.820. The smallest absolute Gasteiger partial charge is 0.0199 e. The molecule has 1 fully saturated rings. The molecule has 0 aromatic carbocycles. The summed E-state index contributed by atoms with van der Waals surface area (Å²) in [5.41, 5.74) is 1.28. The lowest BCUT2D eigenvalue weighted by molar-refractivity contribution is 0.886. The predicted molar refractivity (Wildman–Crippen MR) is 70.1 cm³/mol. The standard InChI is InChI=1S/C9H15N.C5H10/c1-4-6-7-9(5-2)8-10-3;1-2-4-5-3-1/h4-7,10H,1,8H2,2-3H3;1-5H2/b7-6-,9-5+;. The fourth-order valence-electron chi connectivity index (χ4n) is 1.54. The quantitative estimate of drug-likeness (QED) is 0.691. The second kappa shape index (κ2) is 11.3. The molecule has 0 aliphatic heterocycles. The lowest BCUT2D eigenvalue weighted by Gasteiger charge is -1.97. The van der Waals surface area contributed by atoms with Crippen LogP contribution in [0.1, 0.15) is 39.0 Å². The Kier molecular flexibility index (Phi) is 10.6. The maximum Gasteiger partial charge on any atom is 0.0199 e. The molecule has 0 amide bonds. The van der Waals surface area contributed by atoms with Crippen LogP contribution in [-0.2, 0) is 0 Å². The van der Waals surface area contributed by atoms with Gasteiger partial charge in [-0.25, -0.2) is 0 Å². The van der Waals surface area contributed by atoms with Crippen LogP contribution >= 0.6 is 0 Å². The minimum Gasteiger partial charge on any atom is -0.316 e. The normalized spacial score (nSPS) is 16.3. The van der Waals surface area contributed by atoms with Gasteiger partial charge in [-0.1, -0.05) is 63.0 Å². The van der Waals surface area contributed by atoms with E-state index in [0.717, 1.165) is 6.54 Å². The van der Waals surface area contributed by atoms with Crippen molar-refractivity contribution in [1.82, 2.24) is 5.32 Å². The Morgan fingerprint density at radius 2 is 1.73 bits per heavy atom. The van der Waals surface area contributed by atoms with E-state index >= 15 is 0 Å². The second-order valence-corrected chi connectivity index (χ2v) is 3.76. The molecule has 1 nitrogen and oxygen atoms in total. The highest BCUT2D eigenvalue weighted by atomic mass is 14.8. The molecule has 0 aromatic rings. The highest BCUT2D eigenvalue weighted by Crippen LogP contribution is 2.15. The van der Waals surface area contributed by atoms with Gasteiger partial charge in [0.05, 0.1) is 0 Å². The molecular weight excluding hydrogens is 182 g/mol. The Morgan fingerprint density at radius 1 is 1.20 bits per heavy atom. The molecule has 0 saturated heterocycles. The number of rotatable bonds is 4. The summed E-state index contributed by atoms with van der Waals surface area (Å²) in [4.78, 5) is 0. The van der Waals surface area contributed by atoms with E-state index in [4.69, 9.17) is 0 Å². The van der Waals surface area contributed by atoms with Crippen molar-refractivity contribution in [3.63, 3.8) is 0 Å². The Labute approximate surface area is 95.0 Å². The van der Waals surface area contributed by atoms with Crippen molar-refractivity contribution >= 4 is 0 Å². The Bertz CT molecular complexity index is 190. The molecule has 0 spiro atoms. The zero-order valence-electron chi connectivity index (χ0n) is 10.3. The number of nitrogens with one attached hydrogen (secondary N) is 1.